The third-order valence-corrected chi connectivity index (χ3v) is 3.47. The number of amidine groups is 1. The van der Waals surface area contributed by atoms with Crippen LogP contribution in [0.3, 0.4) is 0 Å². The average molecular weight is 283 g/mol. The number of nitrogens with two attached hydrogens (primary N) is 1. The lowest BCUT2D eigenvalue weighted by Crippen LogP contribution is -2.27. The Morgan fingerprint density at radius 2 is 1.81 bits per heavy atom. The van der Waals surface area contributed by atoms with E-state index in [-0.39, 0.29) is 11.8 Å². The van der Waals surface area contributed by atoms with Gasteiger partial charge in [-0.3, -0.25) is 0 Å². The predicted molar refractivity (Wildman–Crippen MR) is 86.8 cm³/mol. The molecule has 0 saturated carbocycles. The molecule has 0 amide bonds. The van der Waals surface area contributed by atoms with Crippen LogP contribution >= 0.6 is 0 Å². The molecule has 0 aliphatic heterocycles. The summed E-state index contributed by atoms with van der Waals surface area (Å²) in [6.45, 7) is 2.55. The molecule has 0 aliphatic rings. The second-order valence-corrected chi connectivity index (χ2v) is 5.13. The molecule has 0 aromatic heterocycles. The largest absolute Gasteiger partial charge is 0.409 e. The Bertz CT molecular complexity index is 596. The smallest absolute Gasteiger partial charge is 0.143 e. The first kappa shape index (κ1) is 14.9. The number of hydrogen-bond donors (Lipinski definition) is 3. The minimum absolute atomic E-state index is 0.0280. The first-order valence-electron chi connectivity index (χ1n) is 7.04. The molecule has 0 saturated heterocycles. The van der Waals surface area contributed by atoms with Crippen LogP contribution in [0.15, 0.2) is 59.8 Å². The molecular formula is C17H21N3O. The van der Waals surface area contributed by atoms with Gasteiger partial charge in [-0.15, -0.1) is 0 Å². The fourth-order valence-electron chi connectivity index (χ4n) is 2.13. The maximum Gasteiger partial charge on any atom is 0.143 e. The van der Waals surface area contributed by atoms with E-state index in [0.717, 1.165) is 12.1 Å². The van der Waals surface area contributed by atoms with Gasteiger partial charge in [-0.1, -0.05) is 60.6 Å². The van der Waals surface area contributed by atoms with Crippen molar-refractivity contribution < 1.29 is 5.21 Å². The van der Waals surface area contributed by atoms with E-state index in [9.17, 15) is 0 Å². The summed E-state index contributed by atoms with van der Waals surface area (Å²) in [5, 5.41) is 15.1. The summed E-state index contributed by atoms with van der Waals surface area (Å²) in [5.74, 6) is 0.211. The maximum atomic E-state index is 8.69. The highest BCUT2D eigenvalue weighted by molar-refractivity contribution is 5.82. The van der Waals surface area contributed by atoms with Crippen LogP contribution in [0.2, 0.25) is 0 Å². The van der Waals surface area contributed by atoms with E-state index in [1.165, 1.54) is 11.1 Å². The molecule has 4 nitrogen and oxygen atoms in total. The third-order valence-electron chi connectivity index (χ3n) is 3.47. The molecule has 0 spiro atoms. The maximum absolute atomic E-state index is 8.69. The van der Waals surface area contributed by atoms with Gasteiger partial charge in [-0.05, 0) is 23.6 Å². The molecule has 1 unspecified atom stereocenters. The highest BCUT2D eigenvalue weighted by atomic mass is 16.4. The molecule has 4 heteroatoms. The molecule has 2 rings (SSSR count). The summed E-state index contributed by atoms with van der Waals surface area (Å²) in [6.07, 6.45) is 0.877. The van der Waals surface area contributed by atoms with Gasteiger partial charge in [0.05, 0.1) is 0 Å². The summed E-state index contributed by atoms with van der Waals surface area (Å²) in [5.41, 5.74) is 9.19. The standard InChI is InChI=1S/C17H21N3O/c1-13(17(18)20-21)12-19-16-10-6-5-9-15(16)11-14-7-3-2-4-8-14/h2-10,13,19,21H,11-12H2,1H3,(H2,18,20). The van der Waals surface area contributed by atoms with Crippen molar-refractivity contribution in [1.82, 2.24) is 0 Å². The van der Waals surface area contributed by atoms with Crippen molar-refractivity contribution in [2.75, 3.05) is 11.9 Å². The van der Waals surface area contributed by atoms with Crippen LogP contribution < -0.4 is 11.1 Å². The summed E-state index contributed by atoms with van der Waals surface area (Å²) >= 11 is 0. The molecule has 0 fully saturated rings. The van der Waals surface area contributed by atoms with E-state index in [1.54, 1.807) is 0 Å². The number of nitrogens with zero attached hydrogens (tertiary/aromatic N) is 1. The zero-order valence-electron chi connectivity index (χ0n) is 12.2. The fourth-order valence-corrected chi connectivity index (χ4v) is 2.13. The second-order valence-electron chi connectivity index (χ2n) is 5.13. The average Bonchev–Trinajstić information content (AvgIpc) is 2.54. The zero-order chi connectivity index (χ0) is 15.1. The van der Waals surface area contributed by atoms with Crippen LogP contribution in [0.4, 0.5) is 5.69 Å². The number of anilines is 1. The molecule has 4 N–H and O–H groups in total. The number of oxime groups is 1. The lowest BCUT2D eigenvalue weighted by molar-refractivity contribution is 0.315. The minimum atomic E-state index is -0.0280. The SMILES string of the molecule is CC(CNc1ccccc1Cc1ccccc1)C(N)=NO. The number of nitrogens with one attached hydrogen (secondary N) is 1. The van der Waals surface area contributed by atoms with Crippen molar-refractivity contribution in [3.05, 3.63) is 65.7 Å². The summed E-state index contributed by atoms with van der Waals surface area (Å²) < 4.78 is 0. The molecule has 0 radical (unpaired) electrons. The lowest BCUT2D eigenvalue weighted by Gasteiger charge is -2.15. The van der Waals surface area contributed by atoms with Gasteiger partial charge in [0.2, 0.25) is 0 Å². The number of para-hydroxylation sites is 1. The zero-order valence-corrected chi connectivity index (χ0v) is 12.2. The van der Waals surface area contributed by atoms with Crippen molar-refractivity contribution >= 4 is 11.5 Å². The summed E-state index contributed by atoms with van der Waals surface area (Å²) in [6, 6.07) is 18.6. The van der Waals surface area contributed by atoms with Crippen molar-refractivity contribution in [3.63, 3.8) is 0 Å². The van der Waals surface area contributed by atoms with Gasteiger partial charge in [-0.25, -0.2) is 0 Å². The van der Waals surface area contributed by atoms with Gasteiger partial charge in [0.25, 0.3) is 0 Å². The Morgan fingerprint density at radius 3 is 2.52 bits per heavy atom. The van der Waals surface area contributed by atoms with Crippen molar-refractivity contribution in [1.29, 1.82) is 0 Å². The monoisotopic (exact) mass is 283 g/mol. The van der Waals surface area contributed by atoms with Crippen LogP contribution in [-0.4, -0.2) is 17.6 Å². The summed E-state index contributed by atoms with van der Waals surface area (Å²) in [7, 11) is 0. The molecule has 21 heavy (non-hydrogen) atoms. The van der Waals surface area contributed by atoms with Gasteiger partial charge in [0, 0.05) is 18.2 Å². The molecule has 110 valence electrons. The van der Waals surface area contributed by atoms with E-state index in [0.29, 0.717) is 6.54 Å². The second kappa shape index (κ2) is 7.33. The van der Waals surface area contributed by atoms with Crippen LogP contribution in [0.1, 0.15) is 18.1 Å². The Kier molecular flexibility index (Phi) is 5.21. The molecular weight excluding hydrogens is 262 g/mol. The van der Waals surface area contributed by atoms with E-state index in [1.807, 2.05) is 37.3 Å². The van der Waals surface area contributed by atoms with Gasteiger partial charge >= 0.3 is 0 Å². The van der Waals surface area contributed by atoms with Gasteiger partial charge in [0.1, 0.15) is 5.84 Å². The number of rotatable bonds is 6. The number of hydrogen-bond acceptors (Lipinski definition) is 3. The fraction of sp³-hybridized carbons (Fsp3) is 0.235. The van der Waals surface area contributed by atoms with Crippen LogP contribution in [0.25, 0.3) is 0 Å². The topological polar surface area (TPSA) is 70.6 Å². The quantitative estimate of drug-likeness (QED) is 0.330. The Labute approximate surface area is 125 Å². The van der Waals surface area contributed by atoms with E-state index in [2.05, 4.69) is 34.7 Å². The van der Waals surface area contributed by atoms with E-state index < -0.39 is 0 Å². The Balaban J connectivity index is 2.07. The van der Waals surface area contributed by atoms with Crippen molar-refractivity contribution in [2.24, 2.45) is 16.8 Å². The normalized spacial score (nSPS) is 12.9. The molecule has 0 bridgehead atoms. The summed E-state index contributed by atoms with van der Waals surface area (Å²) in [4.78, 5) is 0. The van der Waals surface area contributed by atoms with Crippen molar-refractivity contribution in [3.8, 4) is 0 Å². The lowest BCUT2D eigenvalue weighted by atomic mass is 10.0. The molecule has 1 atom stereocenters. The van der Waals surface area contributed by atoms with Crippen LogP contribution in [0.5, 0.6) is 0 Å². The van der Waals surface area contributed by atoms with Gasteiger partial charge in [-0.2, -0.15) is 0 Å². The van der Waals surface area contributed by atoms with Crippen LogP contribution in [-0.2, 0) is 6.42 Å². The van der Waals surface area contributed by atoms with E-state index >= 15 is 0 Å². The van der Waals surface area contributed by atoms with E-state index in [4.69, 9.17) is 10.9 Å². The highest BCUT2D eigenvalue weighted by Gasteiger charge is 2.09. The Morgan fingerprint density at radius 1 is 1.14 bits per heavy atom. The first-order valence-corrected chi connectivity index (χ1v) is 7.04. The van der Waals surface area contributed by atoms with Crippen molar-refractivity contribution in [2.45, 2.75) is 13.3 Å². The highest BCUT2D eigenvalue weighted by Crippen LogP contribution is 2.19. The van der Waals surface area contributed by atoms with Gasteiger partial charge in [0.15, 0.2) is 0 Å². The minimum Gasteiger partial charge on any atom is -0.409 e. The predicted octanol–water partition coefficient (Wildman–Crippen LogP) is 3.07. The molecule has 2 aromatic carbocycles. The number of benzene rings is 2. The molecule has 2 aromatic rings. The molecule has 0 aliphatic carbocycles. The Hall–Kier alpha value is -2.49. The van der Waals surface area contributed by atoms with Gasteiger partial charge < -0.3 is 16.3 Å². The molecule has 0 heterocycles. The first-order chi connectivity index (χ1) is 10.2. The third kappa shape index (κ3) is 4.24. The van der Waals surface area contributed by atoms with Crippen LogP contribution in [0, 0.1) is 5.92 Å².